The first-order valence-corrected chi connectivity index (χ1v) is 7.93. The van der Waals surface area contributed by atoms with Crippen LogP contribution in [-0.4, -0.2) is 10.9 Å². The summed E-state index contributed by atoms with van der Waals surface area (Å²) in [6.45, 7) is 8.42. The highest BCUT2D eigenvalue weighted by Crippen LogP contribution is 2.27. The summed E-state index contributed by atoms with van der Waals surface area (Å²) in [5.41, 5.74) is 0.981. The molecule has 0 fully saturated rings. The average Bonchev–Trinajstić information content (AvgIpc) is 2.95. The van der Waals surface area contributed by atoms with Gasteiger partial charge in [0.25, 0.3) is 5.91 Å². The third-order valence-electron chi connectivity index (χ3n) is 2.80. The smallest absolute Gasteiger partial charge is 0.262 e. The molecule has 0 spiro atoms. The van der Waals surface area contributed by atoms with E-state index in [0.29, 0.717) is 10.8 Å². The average molecular weight is 357 g/mol. The van der Waals surface area contributed by atoms with Gasteiger partial charge >= 0.3 is 0 Å². The summed E-state index contributed by atoms with van der Waals surface area (Å²) >= 11 is 4.84. The molecule has 4 nitrogen and oxygen atoms in total. The van der Waals surface area contributed by atoms with Crippen molar-refractivity contribution in [2.24, 2.45) is 0 Å². The number of hydrogen-bond donors (Lipinski definition) is 1. The predicted molar refractivity (Wildman–Crippen MR) is 83.1 cm³/mol. The summed E-state index contributed by atoms with van der Waals surface area (Å²) in [5.74, 6) is 1.22. The summed E-state index contributed by atoms with van der Waals surface area (Å²) in [4.78, 5) is 16.9. The molecule has 6 heteroatoms. The Balaban J connectivity index is 2.00. The van der Waals surface area contributed by atoms with Crippen LogP contribution in [0.3, 0.4) is 0 Å². The van der Waals surface area contributed by atoms with Crippen molar-refractivity contribution >= 4 is 33.2 Å². The molecule has 0 saturated carbocycles. The molecule has 2 aromatic rings. The van der Waals surface area contributed by atoms with Gasteiger partial charge in [-0.15, -0.1) is 11.3 Å². The second kappa shape index (κ2) is 5.69. The topological polar surface area (TPSA) is 55.1 Å². The molecule has 2 rings (SSSR count). The van der Waals surface area contributed by atoms with Crippen LogP contribution in [0, 0.1) is 6.92 Å². The van der Waals surface area contributed by atoms with E-state index in [1.165, 1.54) is 11.3 Å². The maximum atomic E-state index is 12.1. The van der Waals surface area contributed by atoms with E-state index in [1.807, 2.05) is 12.3 Å². The molecule has 1 amide bonds. The molecule has 1 N–H and O–H groups in total. The van der Waals surface area contributed by atoms with E-state index in [1.54, 1.807) is 6.20 Å². The van der Waals surface area contributed by atoms with Crippen LogP contribution >= 0.6 is 27.3 Å². The molecule has 108 valence electrons. The number of oxazole rings is 1. The fourth-order valence-corrected chi connectivity index (χ4v) is 3.14. The van der Waals surface area contributed by atoms with Crippen LogP contribution in [0.25, 0.3) is 0 Å². The highest BCUT2D eigenvalue weighted by Gasteiger charge is 2.20. The van der Waals surface area contributed by atoms with Gasteiger partial charge in [0.15, 0.2) is 0 Å². The zero-order chi connectivity index (χ0) is 14.9. The summed E-state index contributed by atoms with van der Waals surface area (Å²) < 4.78 is 6.49. The summed E-state index contributed by atoms with van der Waals surface area (Å²) in [5, 5.41) is 4.77. The molecule has 0 aliphatic carbocycles. The molecular weight excluding hydrogens is 340 g/mol. The summed E-state index contributed by atoms with van der Waals surface area (Å²) in [7, 11) is 0. The Kier molecular flexibility index (Phi) is 4.34. The third kappa shape index (κ3) is 3.30. The van der Waals surface area contributed by atoms with E-state index in [4.69, 9.17) is 4.42 Å². The number of thiophene rings is 1. The number of carbonyl (C=O) groups is 1. The fourth-order valence-electron chi connectivity index (χ4n) is 1.56. The zero-order valence-electron chi connectivity index (χ0n) is 11.9. The van der Waals surface area contributed by atoms with Crippen molar-refractivity contribution < 1.29 is 9.21 Å². The highest BCUT2D eigenvalue weighted by atomic mass is 79.9. The molecule has 2 heterocycles. The Morgan fingerprint density at radius 3 is 2.70 bits per heavy atom. The lowest BCUT2D eigenvalue weighted by molar-refractivity contribution is 0.0950. The number of rotatable bonds is 3. The fraction of sp³-hybridized carbons (Fsp3) is 0.429. The summed E-state index contributed by atoms with van der Waals surface area (Å²) in [6.07, 6.45) is 1.71. The Labute approximate surface area is 130 Å². The van der Waals surface area contributed by atoms with Crippen molar-refractivity contribution in [1.29, 1.82) is 0 Å². The number of aryl methyl sites for hydroxylation is 1. The van der Waals surface area contributed by atoms with Gasteiger partial charge in [0.2, 0.25) is 5.89 Å². The minimum Gasteiger partial charge on any atom is -0.443 e. The number of nitrogens with one attached hydrogen (secondary N) is 1. The first kappa shape index (κ1) is 15.3. The normalized spacial score (nSPS) is 11.7. The summed E-state index contributed by atoms with van der Waals surface area (Å²) in [6, 6.07) is 0. The van der Waals surface area contributed by atoms with Crippen molar-refractivity contribution in [2.75, 3.05) is 0 Å². The molecule has 0 unspecified atom stereocenters. The van der Waals surface area contributed by atoms with Gasteiger partial charge < -0.3 is 9.73 Å². The SMILES string of the molecule is Cc1csc(C(=O)NCc2ncc(C(C)(C)C)o2)c1Br. The Morgan fingerprint density at radius 2 is 2.20 bits per heavy atom. The maximum Gasteiger partial charge on any atom is 0.262 e. The van der Waals surface area contributed by atoms with Crippen LogP contribution in [0.15, 0.2) is 20.5 Å². The third-order valence-corrected chi connectivity index (χ3v) is 5.18. The number of carbonyl (C=O) groups excluding carboxylic acids is 1. The van der Waals surface area contributed by atoms with Crippen LogP contribution < -0.4 is 5.32 Å². The van der Waals surface area contributed by atoms with Crippen LogP contribution in [-0.2, 0) is 12.0 Å². The molecule has 0 aromatic carbocycles. The Hall–Kier alpha value is -1.14. The van der Waals surface area contributed by atoms with Gasteiger partial charge in [0.1, 0.15) is 10.6 Å². The highest BCUT2D eigenvalue weighted by molar-refractivity contribution is 9.10. The number of hydrogen-bond acceptors (Lipinski definition) is 4. The second-order valence-corrected chi connectivity index (χ2v) is 7.29. The molecule has 0 aliphatic heterocycles. The van der Waals surface area contributed by atoms with Crippen molar-refractivity contribution in [3.05, 3.63) is 38.1 Å². The molecule has 0 atom stereocenters. The van der Waals surface area contributed by atoms with E-state index in [2.05, 4.69) is 47.0 Å². The minimum atomic E-state index is -0.120. The largest absolute Gasteiger partial charge is 0.443 e. The van der Waals surface area contributed by atoms with Crippen molar-refractivity contribution in [3.63, 3.8) is 0 Å². The van der Waals surface area contributed by atoms with Gasteiger partial charge in [0, 0.05) is 9.89 Å². The Bertz CT molecular complexity index is 625. The maximum absolute atomic E-state index is 12.1. The van der Waals surface area contributed by atoms with E-state index < -0.39 is 0 Å². The van der Waals surface area contributed by atoms with E-state index in [9.17, 15) is 4.79 Å². The molecule has 20 heavy (non-hydrogen) atoms. The van der Waals surface area contributed by atoms with Gasteiger partial charge in [-0.3, -0.25) is 4.79 Å². The monoisotopic (exact) mass is 356 g/mol. The lowest BCUT2D eigenvalue weighted by Crippen LogP contribution is -2.22. The molecule has 0 aliphatic rings. The van der Waals surface area contributed by atoms with Crippen molar-refractivity contribution in [2.45, 2.75) is 39.7 Å². The van der Waals surface area contributed by atoms with Gasteiger partial charge in [-0.1, -0.05) is 20.8 Å². The number of halogens is 1. The number of amides is 1. The van der Waals surface area contributed by atoms with Crippen LogP contribution in [0.4, 0.5) is 0 Å². The van der Waals surface area contributed by atoms with E-state index >= 15 is 0 Å². The van der Waals surface area contributed by atoms with Gasteiger partial charge in [0.05, 0.1) is 12.7 Å². The lowest BCUT2D eigenvalue weighted by atomic mass is 9.94. The number of nitrogens with zero attached hydrogens (tertiary/aromatic N) is 1. The lowest BCUT2D eigenvalue weighted by Gasteiger charge is -2.13. The van der Waals surface area contributed by atoms with E-state index in [-0.39, 0.29) is 17.9 Å². The van der Waals surface area contributed by atoms with Crippen molar-refractivity contribution in [1.82, 2.24) is 10.3 Å². The second-order valence-electron chi connectivity index (χ2n) is 5.61. The van der Waals surface area contributed by atoms with E-state index in [0.717, 1.165) is 15.8 Å². The zero-order valence-corrected chi connectivity index (χ0v) is 14.3. The predicted octanol–water partition coefficient (Wildman–Crippen LogP) is 4.03. The quantitative estimate of drug-likeness (QED) is 0.902. The molecular formula is C14H17BrN2O2S. The molecule has 2 aromatic heterocycles. The van der Waals surface area contributed by atoms with Crippen LogP contribution in [0.2, 0.25) is 0 Å². The molecule has 0 radical (unpaired) electrons. The van der Waals surface area contributed by atoms with Gasteiger partial charge in [-0.2, -0.15) is 0 Å². The van der Waals surface area contributed by atoms with Gasteiger partial charge in [-0.05, 0) is 33.8 Å². The Morgan fingerprint density at radius 1 is 1.50 bits per heavy atom. The standard InChI is InChI=1S/C14H17BrN2O2S/c1-8-7-20-12(11(8)15)13(18)17-6-10-16-5-9(19-10)14(2,3)4/h5,7H,6H2,1-4H3,(H,17,18). The minimum absolute atomic E-state index is 0.0802. The first-order valence-electron chi connectivity index (χ1n) is 6.26. The first-order chi connectivity index (χ1) is 9.29. The van der Waals surface area contributed by atoms with Gasteiger partial charge in [-0.25, -0.2) is 4.98 Å². The molecule has 0 bridgehead atoms. The number of aromatic nitrogens is 1. The van der Waals surface area contributed by atoms with Crippen LogP contribution in [0.5, 0.6) is 0 Å². The van der Waals surface area contributed by atoms with Crippen molar-refractivity contribution in [3.8, 4) is 0 Å². The van der Waals surface area contributed by atoms with Crippen LogP contribution in [0.1, 0.15) is 47.7 Å². The molecule has 0 saturated heterocycles.